The van der Waals surface area contributed by atoms with Crippen LogP contribution in [-0.2, 0) is 0 Å². The number of hydrogen-bond acceptors (Lipinski definition) is 2. The fourth-order valence-corrected chi connectivity index (χ4v) is 1.72. The summed E-state index contributed by atoms with van der Waals surface area (Å²) in [6, 6.07) is 2.15. The van der Waals surface area contributed by atoms with Gasteiger partial charge in [0.15, 0.2) is 0 Å². The average Bonchev–Trinajstić information content (AvgIpc) is 2.10. The summed E-state index contributed by atoms with van der Waals surface area (Å²) in [5, 5.41) is 9.43. The number of nitrogens with zero attached hydrogens (tertiary/aromatic N) is 2. The predicted octanol–water partition coefficient (Wildman–Crippen LogP) is 2.25. The number of hydrogen-bond donors (Lipinski definition) is 0. The van der Waals surface area contributed by atoms with Crippen LogP contribution >= 0.6 is 15.9 Å². The molecule has 0 fully saturated rings. The molecule has 0 heterocycles. The number of rotatable bonds is 6. The van der Waals surface area contributed by atoms with Crippen LogP contribution in [0.25, 0.3) is 0 Å². The normalized spacial score (nSPS) is 12.9. The Labute approximate surface area is 83.7 Å². The molecule has 0 saturated carbocycles. The van der Waals surface area contributed by atoms with Gasteiger partial charge in [0, 0.05) is 24.8 Å². The van der Waals surface area contributed by atoms with Gasteiger partial charge in [0.2, 0.25) is 0 Å². The zero-order valence-corrected chi connectivity index (χ0v) is 9.47. The molecular formula is C9H17BrN2. The van der Waals surface area contributed by atoms with E-state index < -0.39 is 0 Å². The van der Waals surface area contributed by atoms with E-state index in [4.69, 9.17) is 5.26 Å². The lowest BCUT2D eigenvalue weighted by molar-refractivity contribution is 0.291. The third kappa shape index (κ3) is 5.56. The van der Waals surface area contributed by atoms with Crippen LogP contribution < -0.4 is 0 Å². The molecule has 0 aromatic heterocycles. The molecule has 1 atom stereocenters. The highest BCUT2D eigenvalue weighted by Crippen LogP contribution is 2.07. The predicted molar refractivity (Wildman–Crippen MR) is 55.3 cm³/mol. The monoisotopic (exact) mass is 232 g/mol. The van der Waals surface area contributed by atoms with Crippen LogP contribution in [0.15, 0.2) is 0 Å². The van der Waals surface area contributed by atoms with Crippen LogP contribution in [0.5, 0.6) is 0 Å². The molecule has 2 nitrogen and oxygen atoms in total. The average molecular weight is 233 g/mol. The van der Waals surface area contributed by atoms with E-state index in [-0.39, 0.29) is 0 Å². The van der Waals surface area contributed by atoms with Crippen LogP contribution in [0.1, 0.15) is 19.8 Å². The second-order valence-corrected chi connectivity index (χ2v) is 3.75. The molecule has 12 heavy (non-hydrogen) atoms. The topological polar surface area (TPSA) is 27.0 Å². The Kier molecular flexibility index (Phi) is 7.53. The second-order valence-electron chi connectivity index (χ2n) is 3.10. The van der Waals surface area contributed by atoms with Crippen molar-refractivity contribution in [2.45, 2.75) is 19.8 Å². The van der Waals surface area contributed by atoms with E-state index in [0.717, 1.165) is 18.4 Å². The lowest BCUT2D eigenvalue weighted by Crippen LogP contribution is -2.27. The standard InChI is InChI=1S/C9H17BrN2/c1-3-9(7-10)8-12(2)6-4-5-11/h9H,3-4,6-8H2,1-2H3. The van der Waals surface area contributed by atoms with E-state index in [2.05, 4.69) is 40.9 Å². The second kappa shape index (κ2) is 7.57. The lowest BCUT2D eigenvalue weighted by Gasteiger charge is -2.20. The molecule has 0 aliphatic rings. The molecule has 0 saturated heterocycles. The molecule has 0 amide bonds. The fourth-order valence-electron chi connectivity index (χ4n) is 1.06. The van der Waals surface area contributed by atoms with Gasteiger partial charge in [-0.1, -0.05) is 29.3 Å². The van der Waals surface area contributed by atoms with Crippen molar-refractivity contribution in [1.29, 1.82) is 5.26 Å². The molecule has 1 unspecified atom stereocenters. The maximum Gasteiger partial charge on any atom is 0.0635 e. The van der Waals surface area contributed by atoms with Gasteiger partial charge >= 0.3 is 0 Å². The molecule has 70 valence electrons. The van der Waals surface area contributed by atoms with E-state index >= 15 is 0 Å². The molecule has 0 aliphatic carbocycles. The van der Waals surface area contributed by atoms with Crippen molar-refractivity contribution in [1.82, 2.24) is 4.90 Å². The molecule has 0 aromatic rings. The largest absolute Gasteiger partial charge is 0.305 e. The van der Waals surface area contributed by atoms with E-state index in [1.807, 2.05) is 0 Å². The van der Waals surface area contributed by atoms with E-state index in [0.29, 0.717) is 12.3 Å². The van der Waals surface area contributed by atoms with Gasteiger partial charge in [0.25, 0.3) is 0 Å². The Bertz CT molecular complexity index is 138. The Morgan fingerprint density at radius 1 is 1.58 bits per heavy atom. The molecule has 0 aliphatic heterocycles. The fraction of sp³-hybridized carbons (Fsp3) is 0.889. The van der Waals surface area contributed by atoms with Crippen molar-refractivity contribution in [3.8, 4) is 6.07 Å². The van der Waals surface area contributed by atoms with Gasteiger partial charge in [-0.05, 0) is 13.0 Å². The first kappa shape index (κ1) is 11.9. The van der Waals surface area contributed by atoms with Gasteiger partial charge in [0.1, 0.15) is 0 Å². The van der Waals surface area contributed by atoms with Gasteiger partial charge in [-0.3, -0.25) is 0 Å². The first-order chi connectivity index (χ1) is 5.74. The summed E-state index contributed by atoms with van der Waals surface area (Å²) in [6.07, 6.45) is 1.83. The quantitative estimate of drug-likeness (QED) is 0.658. The maximum absolute atomic E-state index is 8.38. The Hall–Kier alpha value is -0.0700. The number of halogens is 1. The molecule has 0 spiro atoms. The Balaban J connectivity index is 3.52. The van der Waals surface area contributed by atoms with Crippen LogP contribution in [0.2, 0.25) is 0 Å². The van der Waals surface area contributed by atoms with Crippen molar-refractivity contribution >= 4 is 15.9 Å². The summed E-state index contributed by atoms with van der Waals surface area (Å²) < 4.78 is 0. The van der Waals surface area contributed by atoms with Gasteiger partial charge in [-0.25, -0.2) is 0 Å². The molecular weight excluding hydrogens is 216 g/mol. The first-order valence-electron chi connectivity index (χ1n) is 4.36. The van der Waals surface area contributed by atoms with E-state index in [9.17, 15) is 0 Å². The number of nitriles is 1. The molecule has 0 aromatic carbocycles. The van der Waals surface area contributed by atoms with Crippen molar-refractivity contribution in [3.05, 3.63) is 0 Å². The molecule has 0 N–H and O–H groups in total. The summed E-state index contributed by atoms with van der Waals surface area (Å²) in [4.78, 5) is 2.22. The highest BCUT2D eigenvalue weighted by atomic mass is 79.9. The van der Waals surface area contributed by atoms with Gasteiger partial charge < -0.3 is 4.90 Å². The molecule has 3 heteroatoms. The maximum atomic E-state index is 8.38. The zero-order valence-electron chi connectivity index (χ0n) is 7.89. The molecule has 0 bridgehead atoms. The summed E-state index contributed by atoms with van der Waals surface area (Å²) in [7, 11) is 2.07. The minimum Gasteiger partial charge on any atom is -0.305 e. The smallest absolute Gasteiger partial charge is 0.0635 e. The summed E-state index contributed by atoms with van der Waals surface area (Å²) in [5.41, 5.74) is 0. The highest BCUT2D eigenvalue weighted by molar-refractivity contribution is 9.09. The summed E-state index contributed by atoms with van der Waals surface area (Å²) >= 11 is 3.48. The third-order valence-corrected chi connectivity index (χ3v) is 2.89. The third-order valence-electron chi connectivity index (χ3n) is 1.97. The minimum absolute atomic E-state index is 0.634. The van der Waals surface area contributed by atoms with E-state index in [1.165, 1.54) is 6.42 Å². The van der Waals surface area contributed by atoms with Gasteiger partial charge in [-0.15, -0.1) is 0 Å². The van der Waals surface area contributed by atoms with Crippen molar-refractivity contribution in [2.24, 2.45) is 5.92 Å². The van der Waals surface area contributed by atoms with Crippen LogP contribution in [0, 0.1) is 17.2 Å². The highest BCUT2D eigenvalue weighted by Gasteiger charge is 2.07. The SMILES string of the molecule is CCC(CBr)CN(C)CCC#N. The van der Waals surface area contributed by atoms with Crippen molar-refractivity contribution < 1.29 is 0 Å². The van der Waals surface area contributed by atoms with Crippen LogP contribution in [-0.4, -0.2) is 30.4 Å². The molecule has 0 rings (SSSR count). The van der Waals surface area contributed by atoms with Crippen molar-refractivity contribution in [2.75, 3.05) is 25.5 Å². The van der Waals surface area contributed by atoms with E-state index in [1.54, 1.807) is 0 Å². The van der Waals surface area contributed by atoms with Crippen molar-refractivity contribution in [3.63, 3.8) is 0 Å². The minimum atomic E-state index is 0.634. The van der Waals surface area contributed by atoms with Gasteiger partial charge in [0.05, 0.1) is 6.07 Å². The summed E-state index contributed by atoms with van der Waals surface area (Å²) in [6.45, 7) is 4.17. The molecule has 0 radical (unpaired) electrons. The van der Waals surface area contributed by atoms with Crippen LogP contribution in [0.3, 0.4) is 0 Å². The lowest BCUT2D eigenvalue weighted by atomic mass is 10.1. The summed E-state index contributed by atoms with van der Waals surface area (Å²) in [5.74, 6) is 0.716. The zero-order chi connectivity index (χ0) is 9.40. The van der Waals surface area contributed by atoms with Crippen LogP contribution in [0.4, 0.5) is 0 Å². The Morgan fingerprint density at radius 2 is 2.25 bits per heavy atom. The first-order valence-corrected chi connectivity index (χ1v) is 5.48. The number of alkyl halides is 1. The van der Waals surface area contributed by atoms with Gasteiger partial charge in [-0.2, -0.15) is 5.26 Å². The Morgan fingerprint density at radius 3 is 2.67 bits per heavy atom.